The third kappa shape index (κ3) is 4.88. The van der Waals surface area contributed by atoms with Gasteiger partial charge in [0.1, 0.15) is 17.3 Å². The second-order valence-electron chi connectivity index (χ2n) is 7.71. The van der Waals surface area contributed by atoms with Crippen molar-refractivity contribution in [2.75, 3.05) is 7.11 Å². The Morgan fingerprint density at radius 2 is 1.87 bits per heavy atom. The molecule has 162 valence electrons. The number of rotatable bonds is 5. The zero-order valence-electron chi connectivity index (χ0n) is 17.7. The van der Waals surface area contributed by atoms with Gasteiger partial charge in [0, 0.05) is 22.6 Å². The molecule has 0 spiro atoms. The lowest BCUT2D eigenvalue weighted by Gasteiger charge is -2.17. The van der Waals surface area contributed by atoms with E-state index in [0.717, 1.165) is 28.9 Å². The van der Waals surface area contributed by atoms with Crippen LogP contribution >= 0.6 is 11.3 Å². The largest absolute Gasteiger partial charge is 0.507 e. The van der Waals surface area contributed by atoms with Gasteiger partial charge < -0.3 is 9.84 Å². The van der Waals surface area contributed by atoms with Crippen molar-refractivity contribution in [3.05, 3.63) is 64.0 Å². The molecule has 0 atom stereocenters. The number of nitrogens with zero attached hydrogens (tertiary/aromatic N) is 3. The van der Waals surface area contributed by atoms with Crippen LogP contribution in [-0.4, -0.2) is 28.6 Å². The van der Waals surface area contributed by atoms with Crippen molar-refractivity contribution < 1.29 is 14.2 Å². The number of hydrogen-bond acceptors (Lipinski definition) is 5. The molecule has 2 aromatic carbocycles. The Morgan fingerprint density at radius 3 is 2.55 bits per heavy atom. The predicted octanol–water partition coefficient (Wildman–Crippen LogP) is 5.58. The van der Waals surface area contributed by atoms with Gasteiger partial charge in [-0.05, 0) is 56.2 Å². The molecule has 31 heavy (non-hydrogen) atoms. The van der Waals surface area contributed by atoms with Crippen molar-refractivity contribution in [2.45, 2.75) is 45.1 Å². The SMILES string of the molecule is COc1ccc(/C(C)=N/n2c(-c3ccc(F)cc3)csc2=NC2CCCCC2)c(O)c1. The lowest BCUT2D eigenvalue weighted by Crippen LogP contribution is -2.19. The molecule has 0 bridgehead atoms. The zero-order chi connectivity index (χ0) is 21.8. The van der Waals surface area contributed by atoms with E-state index in [9.17, 15) is 9.50 Å². The number of methoxy groups -OCH3 is 1. The summed E-state index contributed by atoms with van der Waals surface area (Å²) in [6, 6.07) is 11.8. The van der Waals surface area contributed by atoms with E-state index >= 15 is 0 Å². The lowest BCUT2D eigenvalue weighted by atomic mass is 9.96. The predicted molar refractivity (Wildman–Crippen MR) is 122 cm³/mol. The highest BCUT2D eigenvalue weighted by Crippen LogP contribution is 2.26. The molecule has 0 unspecified atom stereocenters. The monoisotopic (exact) mass is 439 g/mol. The second-order valence-corrected chi connectivity index (χ2v) is 8.55. The number of hydrogen-bond donors (Lipinski definition) is 1. The molecule has 1 fully saturated rings. The summed E-state index contributed by atoms with van der Waals surface area (Å²) in [7, 11) is 1.56. The first-order chi connectivity index (χ1) is 15.0. The van der Waals surface area contributed by atoms with Crippen LogP contribution in [0.25, 0.3) is 11.3 Å². The normalized spacial score (nSPS) is 16.0. The maximum absolute atomic E-state index is 13.5. The van der Waals surface area contributed by atoms with Gasteiger partial charge in [-0.25, -0.2) is 9.07 Å². The summed E-state index contributed by atoms with van der Waals surface area (Å²) >= 11 is 1.53. The van der Waals surface area contributed by atoms with Gasteiger partial charge in [-0.2, -0.15) is 5.10 Å². The molecule has 0 amide bonds. The van der Waals surface area contributed by atoms with Crippen LogP contribution in [0.1, 0.15) is 44.6 Å². The van der Waals surface area contributed by atoms with Gasteiger partial charge in [0.05, 0.1) is 24.6 Å². The van der Waals surface area contributed by atoms with Gasteiger partial charge in [-0.15, -0.1) is 11.3 Å². The molecular formula is C24H26FN3O2S. The summed E-state index contributed by atoms with van der Waals surface area (Å²) in [5.41, 5.74) is 2.96. The molecule has 0 saturated heterocycles. The fourth-order valence-corrected chi connectivity index (χ4v) is 4.72. The second kappa shape index (κ2) is 9.47. The van der Waals surface area contributed by atoms with Gasteiger partial charge in [0.15, 0.2) is 0 Å². The number of phenols is 1. The minimum absolute atomic E-state index is 0.102. The van der Waals surface area contributed by atoms with E-state index in [1.807, 2.05) is 17.0 Å². The number of aromatic hydroxyl groups is 1. The van der Waals surface area contributed by atoms with Crippen molar-refractivity contribution >= 4 is 17.0 Å². The van der Waals surface area contributed by atoms with E-state index in [-0.39, 0.29) is 11.6 Å². The highest BCUT2D eigenvalue weighted by Gasteiger charge is 2.15. The van der Waals surface area contributed by atoms with E-state index in [4.69, 9.17) is 14.8 Å². The standard InChI is InChI=1S/C24H26FN3O2S/c1-16(21-13-12-20(30-2)14-23(21)29)27-28-22(17-8-10-18(25)11-9-17)15-31-24(28)26-19-6-4-3-5-7-19/h8-15,19,29H,3-7H2,1-2H3/b26-24?,27-16+. The zero-order valence-corrected chi connectivity index (χ0v) is 18.5. The Bertz CT molecular complexity index is 1140. The summed E-state index contributed by atoms with van der Waals surface area (Å²) in [5, 5.41) is 17.3. The molecule has 1 aliphatic carbocycles. The first kappa shape index (κ1) is 21.3. The molecule has 3 aromatic rings. The van der Waals surface area contributed by atoms with Gasteiger partial charge in [-0.3, -0.25) is 4.99 Å². The summed E-state index contributed by atoms with van der Waals surface area (Å²) in [6.07, 6.45) is 5.85. The molecule has 1 N–H and O–H groups in total. The fourth-order valence-electron chi connectivity index (χ4n) is 3.82. The summed E-state index contributed by atoms with van der Waals surface area (Å²) in [5.74, 6) is 0.406. The molecule has 5 nitrogen and oxygen atoms in total. The first-order valence-corrected chi connectivity index (χ1v) is 11.4. The molecule has 7 heteroatoms. The van der Waals surface area contributed by atoms with Crippen LogP contribution in [0, 0.1) is 5.82 Å². The van der Waals surface area contributed by atoms with Gasteiger partial charge in [0.25, 0.3) is 0 Å². The summed E-state index contributed by atoms with van der Waals surface area (Å²) in [4.78, 5) is 5.80. The average molecular weight is 440 g/mol. The Hall–Kier alpha value is -2.93. The van der Waals surface area contributed by atoms with Gasteiger partial charge in [-0.1, -0.05) is 19.3 Å². The number of halogens is 1. The van der Waals surface area contributed by atoms with Crippen LogP contribution < -0.4 is 9.54 Å². The van der Waals surface area contributed by atoms with E-state index in [0.29, 0.717) is 23.1 Å². The molecule has 1 aromatic heterocycles. The smallest absolute Gasteiger partial charge is 0.206 e. The molecule has 0 aliphatic heterocycles. The quantitative estimate of drug-likeness (QED) is 0.528. The third-order valence-electron chi connectivity index (χ3n) is 5.54. The molecule has 1 heterocycles. The first-order valence-electron chi connectivity index (χ1n) is 10.5. The number of benzene rings is 2. The van der Waals surface area contributed by atoms with Crippen LogP contribution in [-0.2, 0) is 0 Å². The minimum Gasteiger partial charge on any atom is -0.507 e. The summed E-state index contributed by atoms with van der Waals surface area (Å²) in [6.45, 7) is 1.85. The Kier molecular flexibility index (Phi) is 6.51. The maximum atomic E-state index is 13.5. The van der Waals surface area contributed by atoms with Crippen molar-refractivity contribution in [1.82, 2.24) is 4.68 Å². The topological polar surface area (TPSA) is 59.1 Å². The number of thiazole rings is 1. The average Bonchev–Trinajstić information content (AvgIpc) is 3.16. The molecular weight excluding hydrogens is 413 g/mol. The van der Waals surface area contributed by atoms with Crippen LogP contribution in [0.15, 0.2) is 57.9 Å². The van der Waals surface area contributed by atoms with Crippen molar-refractivity contribution in [3.8, 4) is 22.8 Å². The van der Waals surface area contributed by atoms with Crippen LogP contribution in [0.2, 0.25) is 0 Å². The summed E-state index contributed by atoms with van der Waals surface area (Å²) < 4.78 is 20.5. The van der Waals surface area contributed by atoms with Crippen LogP contribution in [0.5, 0.6) is 11.5 Å². The molecule has 1 saturated carbocycles. The molecule has 4 rings (SSSR count). The fraction of sp³-hybridized carbons (Fsp3) is 0.333. The highest BCUT2D eigenvalue weighted by molar-refractivity contribution is 7.07. The van der Waals surface area contributed by atoms with E-state index in [1.54, 1.807) is 37.4 Å². The van der Waals surface area contributed by atoms with Crippen molar-refractivity contribution in [2.24, 2.45) is 10.1 Å². The number of aromatic nitrogens is 1. The Balaban J connectivity index is 1.81. The van der Waals surface area contributed by atoms with Crippen molar-refractivity contribution in [3.63, 3.8) is 0 Å². The van der Waals surface area contributed by atoms with Crippen LogP contribution in [0.3, 0.4) is 0 Å². The van der Waals surface area contributed by atoms with Gasteiger partial charge in [0.2, 0.25) is 4.80 Å². The van der Waals surface area contributed by atoms with E-state index < -0.39 is 0 Å². The molecule has 1 aliphatic rings. The van der Waals surface area contributed by atoms with Crippen molar-refractivity contribution in [1.29, 1.82) is 0 Å². The minimum atomic E-state index is -0.277. The van der Waals surface area contributed by atoms with Crippen LogP contribution in [0.4, 0.5) is 4.39 Å². The Morgan fingerprint density at radius 1 is 1.13 bits per heavy atom. The lowest BCUT2D eigenvalue weighted by molar-refractivity contribution is 0.407. The highest BCUT2D eigenvalue weighted by atomic mass is 32.1. The molecule has 0 radical (unpaired) electrons. The Labute approximate surface area is 185 Å². The third-order valence-corrected chi connectivity index (χ3v) is 6.37. The van der Waals surface area contributed by atoms with E-state index in [1.165, 1.54) is 42.7 Å². The number of phenolic OH excluding ortho intramolecular Hbond substituents is 1. The van der Waals surface area contributed by atoms with Gasteiger partial charge >= 0.3 is 0 Å². The van der Waals surface area contributed by atoms with E-state index in [2.05, 4.69) is 0 Å². The number of ether oxygens (including phenoxy) is 1. The maximum Gasteiger partial charge on any atom is 0.206 e.